The predicted molar refractivity (Wildman–Crippen MR) is 109 cm³/mol. The molecule has 7 heteroatoms. The molecular weight excluding hydrogens is 394 g/mol. The van der Waals surface area contributed by atoms with Crippen LogP contribution in [0.3, 0.4) is 0 Å². The Bertz CT molecular complexity index is 912. The lowest BCUT2D eigenvalue weighted by Crippen LogP contribution is -2.47. The molecule has 0 unspecified atom stereocenters. The third kappa shape index (κ3) is 3.80. The maximum absolute atomic E-state index is 11.7. The van der Waals surface area contributed by atoms with Gasteiger partial charge in [-0.3, -0.25) is 0 Å². The summed E-state index contributed by atoms with van der Waals surface area (Å²) in [5.41, 5.74) is 8.77. The number of carbonyl (C=O) groups excluding carboxylic acids is 1. The van der Waals surface area contributed by atoms with Gasteiger partial charge in [-0.05, 0) is 60.7 Å². The van der Waals surface area contributed by atoms with E-state index >= 15 is 0 Å². The van der Waals surface area contributed by atoms with Crippen LogP contribution >= 0.6 is 11.6 Å². The van der Waals surface area contributed by atoms with E-state index in [0.29, 0.717) is 36.8 Å². The number of methoxy groups -OCH3 is 1. The number of esters is 1. The first-order valence-electron chi connectivity index (χ1n) is 9.66. The molecular formula is C22H24ClNO5. The Labute approximate surface area is 174 Å². The molecule has 0 aromatic heterocycles. The molecule has 0 amide bonds. The lowest BCUT2D eigenvalue weighted by molar-refractivity contribution is -0.116. The van der Waals surface area contributed by atoms with Crippen molar-refractivity contribution in [1.82, 2.24) is 0 Å². The van der Waals surface area contributed by atoms with E-state index in [4.69, 9.17) is 36.3 Å². The molecule has 0 radical (unpaired) electrons. The summed E-state index contributed by atoms with van der Waals surface area (Å²) in [5.74, 6) is 0.0710. The topological polar surface area (TPSA) is 80.0 Å². The molecule has 1 atom stereocenters. The summed E-state index contributed by atoms with van der Waals surface area (Å²) >= 11 is 6.23. The summed E-state index contributed by atoms with van der Waals surface area (Å²) in [6.07, 6.45) is 2.42. The Balaban J connectivity index is 1.64. The summed E-state index contributed by atoms with van der Waals surface area (Å²) in [4.78, 5) is 11.7. The van der Waals surface area contributed by atoms with E-state index in [0.717, 1.165) is 29.8 Å². The van der Waals surface area contributed by atoms with Gasteiger partial charge in [0.25, 0.3) is 0 Å². The van der Waals surface area contributed by atoms with E-state index in [1.54, 1.807) is 18.2 Å². The first-order valence-corrected chi connectivity index (χ1v) is 10.0. The van der Waals surface area contributed by atoms with Gasteiger partial charge in [0.15, 0.2) is 6.29 Å². The van der Waals surface area contributed by atoms with E-state index < -0.39 is 17.7 Å². The fraction of sp³-hybridized carbons (Fsp3) is 0.409. The van der Waals surface area contributed by atoms with Crippen LogP contribution in [0.15, 0.2) is 36.4 Å². The molecule has 1 aliphatic heterocycles. The molecule has 2 N–H and O–H groups in total. The van der Waals surface area contributed by atoms with Crippen molar-refractivity contribution >= 4 is 23.3 Å². The Kier molecular flexibility index (Phi) is 5.67. The van der Waals surface area contributed by atoms with E-state index in [1.807, 2.05) is 12.1 Å². The maximum Gasteiger partial charge on any atom is 0.337 e. The number of nitrogens with two attached hydrogens (primary N) is 1. The Morgan fingerprint density at radius 1 is 1.24 bits per heavy atom. The molecule has 1 heterocycles. The van der Waals surface area contributed by atoms with E-state index in [1.165, 1.54) is 12.7 Å². The molecule has 29 heavy (non-hydrogen) atoms. The van der Waals surface area contributed by atoms with Crippen molar-refractivity contribution in [2.45, 2.75) is 31.0 Å². The predicted octanol–water partition coefficient (Wildman–Crippen LogP) is 3.73. The highest BCUT2D eigenvalue weighted by molar-refractivity contribution is 6.30. The van der Waals surface area contributed by atoms with Gasteiger partial charge in [-0.25, -0.2) is 4.79 Å². The van der Waals surface area contributed by atoms with Crippen LogP contribution in [0, 0.1) is 0 Å². The van der Waals surface area contributed by atoms with Crippen molar-refractivity contribution in [3.05, 3.63) is 58.1 Å². The molecule has 4 rings (SSSR count). The second kappa shape index (κ2) is 8.22. The lowest BCUT2D eigenvalue weighted by atomic mass is 9.69. The molecule has 1 saturated heterocycles. The smallest absolute Gasteiger partial charge is 0.337 e. The van der Waals surface area contributed by atoms with Crippen molar-refractivity contribution in [2.75, 3.05) is 32.7 Å². The normalized spacial score (nSPS) is 21.6. The number of rotatable bonds is 5. The summed E-state index contributed by atoms with van der Waals surface area (Å²) in [5, 5.41) is 0.719. The fourth-order valence-electron chi connectivity index (χ4n) is 4.26. The quantitative estimate of drug-likeness (QED) is 0.589. The van der Waals surface area contributed by atoms with Crippen LogP contribution in [-0.2, 0) is 26.0 Å². The third-order valence-corrected chi connectivity index (χ3v) is 5.90. The number of nitrogen functional groups attached to an aromatic ring is 1. The van der Waals surface area contributed by atoms with Gasteiger partial charge in [-0.1, -0.05) is 17.7 Å². The first kappa shape index (κ1) is 20.0. The number of hydrogen-bond acceptors (Lipinski definition) is 6. The number of anilines is 1. The minimum absolute atomic E-state index is 0.341. The Hall–Kier alpha value is -2.28. The van der Waals surface area contributed by atoms with Gasteiger partial charge in [0.1, 0.15) is 12.4 Å². The molecule has 6 nitrogen and oxygen atoms in total. The highest BCUT2D eigenvalue weighted by atomic mass is 35.5. The van der Waals surface area contributed by atoms with Crippen molar-refractivity contribution in [2.24, 2.45) is 0 Å². The number of carbonyl (C=O) groups is 1. The second-order valence-electron chi connectivity index (χ2n) is 7.42. The van der Waals surface area contributed by atoms with Gasteiger partial charge >= 0.3 is 5.97 Å². The molecule has 2 aromatic rings. The average Bonchev–Trinajstić information content (AvgIpc) is 3.27. The fourth-order valence-corrected chi connectivity index (χ4v) is 4.45. The van der Waals surface area contributed by atoms with Crippen molar-refractivity contribution in [3.8, 4) is 5.75 Å². The average molecular weight is 418 g/mol. The number of benzene rings is 2. The third-order valence-electron chi connectivity index (χ3n) is 5.66. The van der Waals surface area contributed by atoms with E-state index in [2.05, 4.69) is 6.07 Å². The lowest BCUT2D eigenvalue weighted by Gasteiger charge is -2.41. The van der Waals surface area contributed by atoms with Crippen molar-refractivity contribution in [3.63, 3.8) is 0 Å². The standard InChI is InChI=1S/C22H24ClNO5/c1-26-20(25)15-4-7-19(18(24)12-15)29-13-22(21-27-9-10-28-21)8-2-3-14-11-16(23)5-6-17(14)22/h4-7,11-12,21H,2-3,8-10,13,24H2,1H3/t22-/m0/s1. The van der Waals surface area contributed by atoms with E-state index in [-0.39, 0.29) is 0 Å². The Morgan fingerprint density at radius 3 is 2.76 bits per heavy atom. The van der Waals surface area contributed by atoms with Gasteiger partial charge in [-0.15, -0.1) is 0 Å². The van der Waals surface area contributed by atoms with Gasteiger partial charge < -0.3 is 24.7 Å². The summed E-state index contributed by atoms with van der Waals surface area (Å²) in [6, 6.07) is 10.9. The monoisotopic (exact) mass is 417 g/mol. The molecule has 1 aliphatic carbocycles. The number of hydrogen-bond donors (Lipinski definition) is 1. The van der Waals surface area contributed by atoms with Crippen LogP contribution < -0.4 is 10.5 Å². The van der Waals surface area contributed by atoms with Crippen LogP contribution in [0.1, 0.15) is 34.3 Å². The number of ether oxygens (including phenoxy) is 4. The zero-order valence-corrected chi connectivity index (χ0v) is 17.0. The van der Waals surface area contributed by atoms with Crippen LogP contribution in [0.2, 0.25) is 5.02 Å². The number of halogens is 1. The zero-order valence-electron chi connectivity index (χ0n) is 16.3. The summed E-state index contributed by atoms with van der Waals surface area (Å²) < 4.78 is 22.8. The maximum atomic E-state index is 11.7. The molecule has 1 fully saturated rings. The number of aryl methyl sites for hydroxylation is 1. The molecule has 0 saturated carbocycles. The largest absolute Gasteiger partial charge is 0.490 e. The molecule has 154 valence electrons. The van der Waals surface area contributed by atoms with Crippen LogP contribution in [-0.4, -0.2) is 39.2 Å². The second-order valence-corrected chi connectivity index (χ2v) is 7.85. The van der Waals surface area contributed by atoms with Crippen LogP contribution in [0.4, 0.5) is 5.69 Å². The molecule has 2 aromatic carbocycles. The van der Waals surface area contributed by atoms with Crippen molar-refractivity contribution in [1.29, 1.82) is 0 Å². The molecule has 0 spiro atoms. The summed E-state index contributed by atoms with van der Waals surface area (Å²) in [6.45, 7) is 1.46. The van der Waals surface area contributed by atoms with Crippen LogP contribution in [0.5, 0.6) is 5.75 Å². The minimum atomic E-state index is -0.456. The van der Waals surface area contributed by atoms with E-state index in [9.17, 15) is 4.79 Å². The zero-order chi connectivity index (χ0) is 20.4. The first-order chi connectivity index (χ1) is 14.0. The minimum Gasteiger partial charge on any atom is -0.490 e. The highest BCUT2D eigenvalue weighted by Crippen LogP contribution is 2.44. The SMILES string of the molecule is COC(=O)c1ccc(OC[C@@]2(C3OCCO3)CCCc3cc(Cl)ccc32)c(N)c1. The Morgan fingerprint density at radius 2 is 2.03 bits per heavy atom. The summed E-state index contributed by atoms with van der Waals surface area (Å²) in [7, 11) is 1.33. The van der Waals surface area contributed by atoms with Gasteiger partial charge in [0, 0.05) is 5.02 Å². The van der Waals surface area contributed by atoms with Crippen molar-refractivity contribution < 1.29 is 23.7 Å². The van der Waals surface area contributed by atoms with Gasteiger partial charge in [-0.2, -0.15) is 0 Å². The van der Waals surface area contributed by atoms with Gasteiger partial charge in [0.05, 0.1) is 37.0 Å². The highest BCUT2D eigenvalue weighted by Gasteiger charge is 2.47. The van der Waals surface area contributed by atoms with Crippen LogP contribution in [0.25, 0.3) is 0 Å². The number of fused-ring (bicyclic) bond motifs is 1. The molecule has 2 aliphatic rings. The molecule has 0 bridgehead atoms. The van der Waals surface area contributed by atoms with Gasteiger partial charge in [0.2, 0.25) is 0 Å².